The lowest BCUT2D eigenvalue weighted by molar-refractivity contribution is 0.0565. The molecule has 1 aromatic carbocycles. The summed E-state index contributed by atoms with van der Waals surface area (Å²) in [5, 5.41) is 0. The number of alkyl halides is 2. The molecule has 0 bridgehead atoms. The minimum atomic E-state index is -2.91. The fourth-order valence-electron chi connectivity index (χ4n) is 1.49. The fourth-order valence-corrected chi connectivity index (χ4v) is 1.49. The molecule has 0 amide bonds. The van der Waals surface area contributed by atoms with Crippen molar-refractivity contribution >= 4 is 0 Å². The van der Waals surface area contributed by atoms with Gasteiger partial charge >= 0.3 is 0 Å². The van der Waals surface area contributed by atoms with Gasteiger partial charge in [0.15, 0.2) is 0 Å². The lowest BCUT2D eigenvalue weighted by atomic mass is 10.0. The van der Waals surface area contributed by atoms with Gasteiger partial charge in [-0.15, -0.1) is 0 Å². The highest BCUT2D eigenvalue weighted by molar-refractivity contribution is 5.50. The van der Waals surface area contributed by atoms with Crippen molar-refractivity contribution in [3.8, 4) is 11.8 Å². The van der Waals surface area contributed by atoms with Crippen LogP contribution >= 0.6 is 0 Å². The SMILES string of the molecule is NC1=CCC(F)(F)C=C1C#Cc1ccc(F)cc1. The summed E-state index contributed by atoms with van der Waals surface area (Å²) in [6.45, 7) is 0. The summed E-state index contributed by atoms with van der Waals surface area (Å²) in [6, 6.07) is 5.47. The van der Waals surface area contributed by atoms with Gasteiger partial charge in [0.2, 0.25) is 0 Å². The molecule has 1 aliphatic carbocycles. The standard InChI is InChI=1S/C14H10F3N/c15-12-5-2-10(3-6-12)1-4-11-9-14(16,17)8-7-13(11)18/h2-3,5-7,9H,8,18H2. The Kier molecular flexibility index (Phi) is 3.15. The maximum atomic E-state index is 13.1. The molecule has 4 heteroatoms. The molecule has 0 heterocycles. The number of allylic oxidation sites excluding steroid dienone is 3. The predicted molar refractivity (Wildman–Crippen MR) is 63.2 cm³/mol. The van der Waals surface area contributed by atoms with Gasteiger partial charge in [0.1, 0.15) is 5.82 Å². The topological polar surface area (TPSA) is 26.0 Å². The van der Waals surface area contributed by atoms with Gasteiger partial charge in [0, 0.05) is 29.3 Å². The molecule has 92 valence electrons. The summed E-state index contributed by atoms with van der Waals surface area (Å²) in [7, 11) is 0. The van der Waals surface area contributed by atoms with Crippen LogP contribution in [0, 0.1) is 17.7 Å². The number of benzene rings is 1. The lowest BCUT2D eigenvalue weighted by Gasteiger charge is -2.16. The smallest absolute Gasteiger partial charge is 0.271 e. The number of halogens is 3. The highest BCUT2D eigenvalue weighted by Gasteiger charge is 2.28. The molecule has 1 nitrogen and oxygen atoms in total. The number of rotatable bonds is 0. The molecule has 2 rings (SSSR count). The Balaban J connectivity index is 2.26. The minimum absolute atomic E-state index is 0.107. The van der Waals surface area contributed by atoms with E-state index in [-0.39, 0.29) is 17.1 Å². The summed E-state index contributed by atoms with van der Waals surface area (Å²) >= 11 is 0. The molecular weight excluding hydrogens is 239 g/mol. The molecule has 18 heavy (non-hydrogen) atoms. The van der Waals surface area contributed by atoms with Crippen LogP contribution in [-0.2, 0) is 0 Å². The molecule has 0 spiro atoms. The van der Waals surface area contributed by atoms with E-state index >= 15 is 0 Å². The molecule has 0 atom stereocenters. The van der Waals surface area contributed by atoms with E-state index in [1.807, 2.05) is 0 Å². The average Bonchev–Trinajstić information content (AvgIpc) is 2.32. The molecule has 0 saturated heterocycles. The van der Waals surface area contributed by atoms with Gasteiger partial charge in [-0.1, -0.05) is 17.9 Å². The second-order valence-corrected chi connectivity index (χ2v) is 3.94. The van der Waals surface area contributed by atoms with Gasteiger partial charge in [-0.3, -0.25) is 0 Å². The maximum Gasteiger partial charge on any atom is 0.271 e. The van der Waals surface area contributed by atoms with Gasteiger partial charge in [0.25, 0.3) is 5.92 Å². The Bertz CT molecular complexity index is 571. The van der Waals surface area contributed by atoms with E-state index in [0.29, 0.717) is 5.56 Å². The zero-order valence-electron chi connectivity index (χ0n) is 9.38. The van der Waals surface area contributed by atoms with Crippen LogP contribution in [-0.4, -0.2) is 5.92 Å². The summed E-state index contributed by atoms with van der Waals surface area (Å²) in [5.74, 6) is 1.97. The van der Waals surface area contributed by atoms with Crippen molar-refractivity contribution in [1.82, 2.24) is 0 Å². The molecule has 1 aliphatic rings. The van der Waals surface area contributed by atoms with Crippen molar-refractivity contribution in [2.75, 3.05) is 0 Å². The van der Waals surface area contributed by atoms with Crippen molar-refractivity contribution in [2.45, 2.75) is 12.3 Å². The summed E-state index contributed by atoms with van der Waals surface area (Å²) in [5.41, 5.74) is 6.48. The third kappa shape index (κ3) is 2.95. The zero-order valence-corrected chi connectivity index (χ0v) is 9.38. The van der Waals surface area contributed by atoms with E-state index in [0.717, 1.165) is 6.08 Å². The van der Waals surface area contributed by atoms with Gasteiger partial charge in [0.05, 0.1) is 0 Å². The first-order valence-corrected chi connectivity index (χ1v) is 5.30. The second-order valence-electron chi connectivity index (χ2n) is 3.94. The van der Waals surface area contributed by atoms with Crippen LogP contribution in [0.15, 0.2) is 47.7 Å². The molecule has 0 unspecified atom stereocenters. The summed E-state index contributed by atoms with van der Waals surface area (Å²) < 4.78 is 38.9. The van der Waals surface area contributed by atoms with Crippen molar-refractivity contribution in [2.24, 2.45) is 5.73 Å². The fraction of sp³-hybridized carbons (Fsp3) is 0.143. The van der Waals surface area contributed by atoms with Crippen molar-refractivity contribution in [1.29, 1.82) is 0 Å². The molecule has 0 fully saturated rings. The van der Waals surface area contributed by atoms with Crippen molar-refractivity contribution in [3.05, 3.63) is 59.1 Å². The molecular formula is C14H10F3N. The van der Waals surface area contributed by atoms with Crippen LogP contribution in [0.5, 0.6) is 0 Å². The maximum absolute atomic E-state index is 13.1. The van der Waals surface area contributed by atoms with Crippen LogP contribution in [0.25, 0.3) is 0 Å². The van der Waals surface area contributed by atoms with E-state index in [4.69, 9.17) is 5.73 Å². The molecule has 0 aliphatic heterocycles. The Morgan fingerprint density at radius 2 is 1.78 bits per heavy atom. The third-order valence-corrected chi connectivity index (χ3v) is 2.45. The quantitative estimate of drug-likeness (QED) is 0.703. The van der Waals surface area contributed by atoms with Crippen LogP contribution in [0.2, 0.25) is 0 Å². The number of nitrogens with two attached hydrogens (primary N) is 1. The van der Waals surface area contributed by atoms with Crippen LogP contribution in [0.4, 0.5) is 13.2 Å². The Hall–Kier alpha value is -2.15. The molecule has 0 saturated carbocycles. The van der Waals surface area contributed by atoms with Crippen molar-refractivity contribution in [3.63, 3.8) is 0 Å². The molecule has 2 N–H and O–H groups in total. The minimum Gasteiger partial charge on any atom is -0.398 e. The van der Waals surface area contributed by atoms with Gasteiger partial charge in [-0.2, -0.15) is 0 Å². The highest BCUT2D eigenvalue weighted by Crippen LogP contribution is 2.28. The van der Waals surface area contributed by atoms with Crippen LogP contribution in [0.3, 0.4) is 0 Å². The highest BCUT2D eigenvalue weighted by atomic mass is 19.3. The average molecular weight is 249 g/mol. The van der Waals surface area contributed by atoms with E-state index in [9.17, 15) is 13.2 Å². The molecule has 0 radical (unpaired) electrons. The molecule has 0 aromatic heterocycles. The largest absolute Gasteiger partial charge is 0.398 e. The monoisotopic (exact) mass is 249 g/mol. The lowest BCUT2D eigenvalue weighted by Crippen LogP contribution is -2.18. The second kappa shape index (κ2) is 4.61. The Labute approximate surface area is 103 Å². The van der Waals surface area contributed by atoms with Crippen molar-refractivity contribution < 1.29 is 13.2 Å². The normalized spacial score (nSPS) is 17.3. The van der Waals surface area contributed by atoms with Gasteiger partial charge in [-0.05, 0) is 24.3 Å². The van der Waals surface area contributed by atoms with Gasteiger partial charge in [-0.25, -0.2) is 13.2 Å². The first-order valence-electron chi connectivity index (χ1n) is 5.30. The van der Waals surface area contributed by atoms with Crippen LogP contribution < -0.4 is 5.73 Å². The Morgan fingerprint density at radius 3 is 2.44 bits per heavy atom. The summed E-state index contributed by atoms with van der Waals surface area (Å²) in [6.07, 6.45) is 1.62. The number of hydrogen-bond acceptors (Lipinski definition) is 1. The van der Waals surface area contributed by atoms with Gasteiger partial charge < -0.3 is 5.73 Å². The predicted octanol–water partition coefficient (Wildman–Crippen LogP) is 2.99. The third-order valence-electron chi connectivity index (χ3n) is 2.45. The zero-order chi connectivity index (χ0) is 13.2. The van der Waals surface area contributed by atoms with E-state index < -0.39 is 12.3 Å². The van der Waals surface area contributed by atoms with Crippen LogP contribution in [0.1, 0.15) is 12.0 Å². The number of hydrogen-bond donors (Lipinski definition) is 1. The Morgan fingerprint density at radius 1 is 1.11 bits per heavy atom. The van der Waals surface area contributed by atoms with E-state index in [2.05, 4.69) is 11.8 Å². The molecule has 1 aromatic rings. The first-order chi connectivity index (χ1) is 8.46. The first kappa shape index (κ1) is 12.3. The van der Waals surface area contributed by atoms with E-state index in [1.54, 1.807) is 0 Å². The summed E-state index contributed by atoms with van der Waals surface area (Å²) in [4.78, 5) is 0. The van der Waals surface area contributed by atoms with E-state index in [1.165, 1.54) is 30.3 Å².